The average molecular weight is 779 g/mol. The van der Waals surface area contributed by atoms with E-state index >= 15 is 0 Å². The second-order valence-corrected chi connectivity index (χ2v) is 5.01. The summed E-state index contributed by atoms with van der Waals surface area (Å²) in [6, 6.07) is 0. The van der Waals surface area contributed by atoms with E-state index in [1.54, 1.807) is 0 Å². The van der Waals surface area contributed by atoms with E-state index in [0.29, 0.717) is 0 Å². The molecule has 1 fully saturated rings. The summed E-state index contributed by atoms with van der Waals surface area (Å²) >= 11 is 2.18. The second kappa shape index (κ2) is 12.9. The molecule has 0 aromatic carbocycles. The third kappa shape index (κ3) is 8.97. The normalized spacial score (nSPS) is 27.3. The van der Waals surface area contributed by atoms with Gasteiger partial charge in [-0.05, 0) is 30.4 Å². The topological polar surface area (TPSA) is 43.7 Å². The van der Waals surface area contributed by atoms with Crippen molar-refractivity contribution >= 4 is 22.6 Å². The fourth-order valence-electron chi connectivity index (χ4n) is 2.06. The molecule has 0 bridgehead atoms. The van der Waals surface area contributed by atoms with E-state index in [4.69, 9.17) is 0 Å². The van der Waals surface area contributed by atoms with Crippen LogP contribution in [0.15, 0.2) is 10.2 Å². The minimum atomic E-state index is -0.379. The molecule has 1 heterocycles. The summed E-state index contributed by atoms with van der Waals surface area (Å²) in [5, 5.41) is 19.8. The summed E-state index contributed by atoms with van der Waals surface area (Å²) in [5.41, 5.74) is 0. The molecule has 0 aliphatic carbocycles. The van der Waals surface area contributed by atoms with Crippen molar-refractivity contribution in [2.24, 2.45) is 5.92 Å². The van der Waals surface area contributed by atoms with Crippen LogP contribution in [0.4, 0.5) is 0 Å². The van der Waals surface area contributed by atoms with Crippen molar-refractivity contribution < 1.29 is 98.3 Å². The third-order valence-electron chi connectivity index (χ3n) is 3.04. The van der Waals surface area contributed by atoms with Gasteiger partial charge in [-0.2, -0.15) is 0 Å². The zero-order chi connectivity index (χ0) is 11.3. The minimum absolute atomic E-state index is 0. The Morgan fingerprint density at radius 3 is 2.71 bits per heavy atom. The molecule has 1 saturated heterocycles. The zero-order valence-electron chi connectivity index (χ0n) is 10.3. The van der Waals surface area contributed by atoms with Gasteiger partial charge in [-0.1, -0.05) is 28.7 Å². The predicted octanol–water partition coefficient (Wildman–Crippen LogP) is 1.39. The molecular weight excluding hydrogens is 759 g/mol. The van der Waals surface area contributed by atoms with Crippen LogP contribution in [0.1, 0.15) is 19.3 Å². The standard InChI is InChI=1S/C11H20INO2.2Ac/c1-13-7-5-11(15)9(8-13)10(14)4-2-3-6-12;;/h3,6,9-11,14-15H,2,4-5,7-8H2,1H3;;/b6-3+;;. The summed E-state index contributed by atoms with van der Waals surface area (Å²) in [6.07, 6.45) is 3.74. The molecule has 1 rings (SSSR count). The monoisotopic (exact) mass is 779 g/mol. The van der Waals surface area contributed by atoms with Crippen LogP contribution in [0, 0.1) is 94.0 Å². The van der Waals surface area contributed by atoms with E-state index in [1.807, 2.05) is 17.2 Å². The molecule has 0 aromatic heterocycles. The van der Waals surface area contributed by atoms with Crippen molar-refractivity contribution in [3.63, 3.8) is 0 Å². The van der Waals surface area contributed by atoms with Gasteiger partial charge in [0.05, 0.1) is 12.2 Å². The molecule has 1 aliphatic rings. The van der Waals surface area contributed by atoms with Gasteiger partial charge < -0.3 is 15.1 Å². The SMILES string of the molecule is CN1CCC(O)C(C(O)CC/C=C/I)C1.[Ac].[Ac]. The van der Waals surface area contributed by atoms with Crippen LogP contribution in [-0.2, 0) is 0 Å². The van der Waals surface area contributed by atoms with E-state index in [1.165, 1.54) is 0 Å². The number of piperidine rings is 1. The average Bonchev–Trinajstić information content (AvgIpc) is 2.22. The number of rotatable bonds is 4. The smallest absolute Gasteiger partial charge is 0.0617 e. The number of aliphatic hydroxyl groups is 2. The molecule has 1 aliphatic heterocycles. The Morgan fingerprint density at radius 1 is 1.47 bits per heavy atom. The van der Waals surface area contributed by atoms with Gasteiger partial charge in [-0.25, -0.2) is 0 Å². The molecule has 3 nitrogen and oxygen atoms in total. The Bertz CT molecular complexity index is 220. The van der Waals surface area contributed by atoms with Gasteiger partial charge in [-0.3, -0.25) is 0 Å². The van der Waals surface area contributed by atoms with Gasteiger partial charge in [-0.15, -0.1) is 0 Å². The molecule has 6 heteroatoms. The molecule has 2 N–H and O–H groups in total. The predicted molar refractivity (Wildman–Crippen MR) is 70.0 cm³/mol. The number of likely N-dealkylation sites (tertiary alicyclic amines) is 1. The van der Waals surface area contributed by atoms with Gasteiger partial charge >= 0.3 is 0 Å². The van der Waals surface area contributed by atoms with E-state index in [9.17, 15) is 10.2 Å². The maximum absolute atomic E-state index is 9.97. The molecule has 3 atom stereocenters. The maximum Gasteiger partial charge on any atom is 0.0617 e. The summed E-state index contributed by atoms with van der Waals surface area (Å²) < 4.78 is 1.97. The molecule has 0 aromatic rings. The van der Waals surface area contributed by atoms with Crippen molar-refractivity contribution in [1.82, 2.24) is 4.90 Å². The molecule has 0 saturated carbocycles. The molecule has 3 unspecified atom stereocenters. The number of hydrogen-bond acceptors (Lipinski definition) is 3. The van der Waals surface area contributed by atoms with Gasteiger partial charge in [0, 0.05) is 107 Å². The summed E-state index contributed by atoms with van der Waals surface area (Å²) in [5.74, 6) is 0.0198. The van der Waals surface area contributed by atoms with Gasteiger partial charge in [0.15, 0.2) is 0 Å². The summed E-state index contributed by atoms with van der Waals surface area (Å²) in [7, 11) is 2.04. The van der Waals surface area contributed by atoms with Crippen LogP contribution in [0.5, 0.6) is 0 Å². The Hall–Kier alpha value is 3.23. The van der Waals surface area contributed by atoms with Gasteiger partial charge in [0.25, 0.3) is 0 Å². The van der Waals surface area contributed by atoms with Gasteiger partial charge in [0.1, 0.15) is 0 Å². The Labute approximate surface area is 189 Å². The van der Waals surface area contributed by atoms with Crippen LogP contribution in [0.3, 0.4) is 0 Å². The van der Waals surface area contributed by atoms with Crippen molar-refractivity contribution in [2.75, 3.05) is 20.1 Å². The third-order valence-corrected chi connectivity index (χ3v) is 3.54. The van der Waals surface area contributed by atoms with E-state index in [2.05, 4.69) is 27.5 Å². The van der Waals surface area contributed by atoms with E-state index in [-0.39, 0.29) is 106 Å². The molecule has 0 spiro atoms. The summed E-state index contributed by atoms with van der Waals surface area (Å²) in [4.78, 5) is 2.18. The number of halogens is 1. The quantitative estimate of drug-likeness (QED) is 0.425. The Balaban J connectivity index is 0. The molecule has 2 radical (unpaired) electrons. The fourth-order valence-corrected chi connectivity index (χ4v) is 2.42. The molecular formula is C11H20Ac2INO2. The molecule has 0 amide bonds. The number of nitrogens with zero attached hydrogens (tertiary/aromatic N) is 1. The zero-order valence-corrected chi connectivity index (χ0v) is 21.9. The first kappa shape index (κ1) is 22.5. The first-order valence-electron chi connectivity index (χ1n) is 5.45. The largest absolute Gasteiger partial charge is 0.393 e. The van der Waals surface area contributed by atoms with Crippen LogP contribution >= 0.6 is 22.6 Å². The molecule has 94 valence electrons. The number of hydrogen-bond donors (Lipinski definition) is 2. The molecule has 17 heavy (non-hydrogen) atoms. The van der Waals surface area contributed by atoms with Crippen molar-refractivity contribution in [3.8, 4) is 0 Å². The van der Waals surface area contributed by atoms with Crippen LogP contribution in [0.2, 0.25) is 0 Å². The van der Waals surface area contributed by atoms with Crippen LogP contribution in [0.25, 0.3) is 0 Å². The van der Waals surface area contributed by atoms with E-state index in [0.717, 1.165) is 32.4 Å². The Kier molecular flexibility index (Phi) is 17.1. The first-order chi connectivity index (χ1) is 7.15. The number of allylic oxidation sites excluding steroid dienone is 1. The van der Waals surface area contributed by atoms with Crippen LogP contribution in [-0.4, -0.2) is 47.5 Å². The second-order valence-electron chi connectivity index (χ2n) is 4.29. The number of aliphatic hydroxyl groups excluding tert-OH is 2. The Morgan fingerprint density at radius 2 is 2.12 bits per heavy atom. The van der Waals surface area contributed by atoms with Gasteiger partial charge in [0.2, 0.25) is 0 Å². The van der Waals surface area contributed by atoms with Crippen molar-refractivity contribution in [1.29, 1.82) is 0 Å². The summed E-state index contributed by atoms with van der Waals surface area (Å²) in [6.45, 7) is 1.73. The maximum atomic E-state index is 9.97. The fraction of sp³-hybridized carbons (Fsp3) is 0.818. The minimum Gasteiger partial charge on any atom is -0.393 e. The van der Waals surface area contributed by atoms with Crippen LogP contribution < -0.4 is 0 Å². The van der Waals surface area contributed by atoms with Crippen molar-refractivity contribution in [3.05, 3.63) is 10.2 Å². The van der Waals surface area contributed by atoms with Crippen molar-refractivity contribution in [2.45, 2.75) is 31.5 Å². The van der Waals surface area contributed by atoms with E-state index < -0.39 is 0 Å². The first-order valence-corrected chi connectivity index (χ1v) is 6.69.